The summed E-state index contributed by atoms with van der Waals surface area (Å²) in [6, 6.07) is 8.23. The Labute approximate surface area is 153 Å². The number of halogens is 2. The third-order valence-electron chi connectivity index (χ3n) is 4.18. The van der Waals surface area contributed by atoms with Crippen molar-refractivity contribution in [3.8, 4) is 11.5 Å². The van der Waals surface area contributed by atoms with Crippen LogP contribution < -0.4 is 14.8 Å². The minimum absolute atomic E-state index is 0.0470. The van der Waals surface area contributed by atoms with Gasteiger partial charge in [0.2, 0.25) is 0 Å². The van der Waals surface area contributed by atoms with E-state index >= 15 is 0 Å². The highest BCUT2D eigenvalue weighted by atomic mass is 32.2. The standard InChI is InChI=1S/C18H16F2N2O3S/c19-12-2-3-14(13(20)10-12)21-18(23)22-5-8-26-17(22)11-1-4-15-16(9-11)25-7-6-24-15/h1-4,9-10,17H,5-8H2,(H,21,23). The summed E-state index contributed by atoms with van der Waals surface area (Å²) in [5.41, 5.74) is 0.862. The maximum absolute atomic E-state index is 13.8. The minimum Gasteiger partial charge on any atom is -0.486 e. The molecule has 0 aromatic heterocycles. The van der Waals surface area contributed by atoms with Gasteiger partial charge >= 0.3 is 6.03 Å². The number of amides is 2. The molecule has 2 aromatic rings. The number of rotatable bonds is 2. The van der Waals surface area contributed by atoms with Crippen LogP contribution in [0.4, 0.5) is 19.3 Å². The molecule has 1 fully saturated rings. The summed E-state index contributed by atoms with van der Waals surface area (Å²) in [5.74, 6) is 0.615. The number of fused-ring (bicyclic) bond motifs is 1. The summed E-state index contributed by atoms with van der Waals surface area (Å²) in [6.07, 6.45) is 0. The van der Waals surface area contributed by atoms with E-state index in [1.807, 2.05) is 18.2 Å². The molecule has 2 heterocycles. The van der Waals surface area contributed by atoms with E-state index < -0.39 is 17.7 Å². The maximum atomic E-state index is 13.8. The smallest absolute Gasteiger partial charge is 0.323 e. The third-order valence-corrected chi connectivity index (χ3v) is 5.44. The zero-order valence-corrected chi connectivity index (χ0v) is 14.5. The van der Waals surface area contributed by atoms with Gasteiger partial charge in [0.1, 0.15) is 30.2 Å². The van der Waals surface area contributed by atoms with Gasteiger partial charge in [0.15, 0.2) is 11.5 Å². The van der Waals surface area contributed by atoms with Crippen LogP contribution >= 0.6 is 11.8 Å². The van der Waals surface area contributed by atoms with E-state index in [-0.39, 0.29) is 11.1 Å². The Morgan fingerprint density at radius 1 is 1.12 bits per heavy atom. The van der Waals surface area contributed by atoms with Gasteiger partial charge in [0.05, 0.1) is 5.69 Å². The lowest BCUT2D eigenvalue weighted by atomic mass is 10.1. The highest BCUT2D eigenvalue weighted by Gasteiger charge is 2.32. The lowest BCUT2D eigenvalue weighted by Crippen LogP contribution is -2.34. The molecular formula is C18H16F2N2O3S. The number of nitrogens with one attached hydrogen (secondary N) is 1. The second kappa shape index (κ2) is 7.03. The van der Waals surface area contributed by atoms with Gasteiger partial charge in [-0.15, -0.1) is 11.8 Å². The van der Waals surface area contributed by atoms with Crippen molar-refractivity contribution in [1.82, 2.24) is 4.90 Å². The number of benzene rings is 2. The van der Waals surface area contributed by atoms with Crippen molar-refractivity contribution in [2.75, 3.05) is 30.8 Å². The number of thioether (sulfide) groups is 1. The van der Waals surface area contributed by atoms with Crippen LogP contribution in [0.1, 0.15) is 10.9 Å². The first-order valence-electron chi connectivity index (χ1n) is 8.15. The summed E-state index contributed by atoms with van der Waals surface area (Å²) in [7, 11) is 0. The van der Waals surface area contributed by atoms with Crippen LogP contribution in [0.5, 0.6) is 11.5 Å². The van der Waals surface area contributed by atoms with Crippen LogP contribution in [0.15, 0.2) is 36.4 Å². The topological polar surface area (TPSA) is 50.8 Å². The van der Waals surface area contributed by atoms with Gasteiger partial charge in [-0.1, -0.05) is 6.07 Å². The number of nitrogens with zero attached hydrogens (tertiary/aromatic N) is 1. The maximum Gasteiger partial charge on any atom is 0.323 e. The molecule has 1 saturated heterocycles. The average Bonchev–Trinajstić information content (AvgIpc) is 3.13. The van der Waals surface area contributed by atoms with Crippen molar-refractivity contribution in [2.45, 2.75) is 5.37 Å². The first-order valence-corrected chi connectivity index (χ1v) is 9.20. The molecule has 5 nitrogen and oxygen atoms in total. The largest absolute Gasteiger partial charge is 0.486 e. The third kappa shape index (κ3) is 3.29. The fourth-order valence-corrected chi connectivity index (χ4v) is 4.19. The predicted octanol–water partition coefficient (Wildman–Crippen LogP) is 4.02. The minimum atomic E-state index is -0.805. The van der Waals surface area contributed by atoms with Gasteiger partial charge in [0.25, 0.3) is 0 Å². The average molecular weight is 378 g/mol. The first-order chi connectivity index (χ1) is 12.6. The Morgan fingerprint density at radius 3 is 2.73 bits per heavy atom. The van der Waals surface area contributed by atoms with E-state index in [9.17, 15) is 13.6 Å². The van der Waals surface area contributed by atoms with Gasteiger partial charge in [-0.2, -0.15) is 0 Å². The Balaban J connectivity index is 1.53. The van der Waals surface area contributed by atoms with Crippen LogP contribution in [0.25, 0.3) is 0 Å². The van der Waals surface area contributed by atoms with Crippen molar-refractivity contribution in [2.24, 2.45) is 0 Å². The zero-order valence-electron chi connectivity index (χ0n) is 13.7. The summed E-state index contributed by atoms with van der Waals surface area (Å²) in [5, 5.41) is 2.30. The number of hydrogen-bond donors (Lipinski definition) is 1. The van der Waals surface area contributed by atoms with Crippen LogP contribution in [-0.4, -0.2) is 36.4 Å². The Morgan fingerprint density at radius 2 is 1.92 bits per heavy atom. The monoisotopic (exact) mass is 378 g/mol. The SMILES string of the molecule is O=C(Nc1ccc(F)cc1F)N1CCSC1c1ccc2c(c1)OCCO2. The Hall–Kier alpha value is -2.48. The van der Waals surface area contributed by atoms with Gasteiger partial charge in [-0.3, -0.25) is 0 Å². The quantitative estimate of drug-likeness (QED) is 0.858. The van der Waals surface area contributed by atoms with E-state index in [0.717, 1.165) is 23.4 Å². The number of carbonyl (C=O) groups excluding carboxylic acids is 1. The number of carbonyl (C=O) groups is 1. The fraction of sp³-hybridized carbons (Fsp3) is 0.278. The molecule has 1 atom stereocenters. The van der Waals surface area contributed by atoms with Crippen molar-refractivity contribution in [3.05, 3.63) is 53.6 Å². The molecule has 26 heavy (non-hydrogen) atoms. The highest BCUT2D eigenvalue weighted by Crippen LogP contribution is 2.41. The van der Waals surface area contributed by atoms with Crippen LogP contribution in [-0.2, 0) is 0 Å². The molecule has 0 aliphatic carbocycles. The number of urea groups is 1. The summed E-state index contributed by atoms with van der Waals surface area (Å²) >= 11 is 1.61. The molecule has 0 spiro atoms. The zero-order chi connectivity index (χ0) is 18.1. The van der Waals surface area contributed by atoms with Gasteiger partial charge in [-0.25, -0.2) is 13.6 Å². The van der Waals surface area contributed by atoms with Crippen molar-refractivity contribution >= 4 is 23.5 Å². The van der Waals surface area contributed by atoms with Crippen molar-refractivity contribution < 1.29 is 23.0 Å². The van der Waals surface area contributed by atoms with Gasteiger partial charge in [-0.05, 0) is 29.8 Å². The molecule has 0 saturated carbocycles. The van der Waals surface area contributed by atoms with E-state index in [1.165, 1.54) is 6.07 Å². The molecule has 2 aromatic carbocycles. The van der Waals surface area contributed by atoms with E-state index in [2.05, 4.69) is 5.32 Å². The molecule has 2 aliphatic rings. The molecule has 8 heteroatoms. The predicted molar refractivity (Wildman–Crippen MR) is 94.7 cm³/mol. The second-order valence-corrected chi connectivity index (χ2v) is 7.06. The Kier molecular flexibility index (Phi) is 4.58. The lowest BCUT2D eigenvalue weighted by molar-refractivity contribution is 0.171. The first kappa shape index (κ1) is 17.0. The van der Waals surface area contributed by atoms with E-state index in [4.69, 9.17) is 9.47 Å². The van der Waals surface area contributed by atoms with Crippen LogP contribution in [0.2, 0.25) is 0 Å². The van der Waals surface area contributed by atoms with E-state index in [1.54, 1.807) is 16.7 Å². The molecule has 0 bridgehead atoms. The fourth-order valence-electron chi connectivity index (χ4n) is 2.95. The van der Waals surface area contributed by atoms with Crippen molar-refractivity contribution in [3.63, 3.8) is 0 Å². The van der Waals surface area contributed by atoms with Crippen molar-refractivity contribution in [1.29, 1.82) is 0 Å². The molecule has 4 rings (SSSR count). The molecule has 2 amide bonds. The molecule has 1 N–H and O–H groups in total. The number of hydrogen-bond acceptors (Lipinski definition) is 4. The normalized spacial score (nSPS) is 18.7. The van der Waals surface area contributed by atoms with Gasteiger partial charge < -0.3 is 19.7 Å². The summed E-state index contributed by atoms with van der Waals surface area (Å²) in [6.45, 7) is 1.53. The summed E-state index contributed by atoms with van der Waals surface area (Å²) in [4.78, 5) is 14.2. The number of ether oxygens (including phenoxy) is 2. The molecule has 1 unspecified atom stereocenters. The van der Waals surface area contributed by atoms with Gasteiger partial charge in [0, 0.05) is 18.4 Å². The number of anilines is 1. The van der Waals surface area contributed by atoms with Crippen LogP contribution in [0, 0.1) is 11.6 Å². The lowest BCUT2D eigenvalue weighted by Gasteiger charge is -2.26. The second-order valence-electron chi connectivity index (χ2n) is 5.87. The highest BCUT2D eigenvalue weighted by molar-refractivity contribution is 7.99. The molecular weight excluding hydrogens is 362 g/mol. The van der Waals surface area contributed by atoms with E-state index in [0.29, 0.717) is 31.3 Å². The summed E-state index contributed by atoms with van der Waals surface area (Å²) < 4.78 is 37.9. The Bertz CT molecular complexity index is 849. The molecule has 2 aliphatic heterocycles. The molecule has 136 valence electrons. The van der Waals surface area contributed by atoms with Crippen LogP contribution in [0.3, 0.4) is 0 Å². The molecule has 0 radical (unpaired) electrons.